The summed E-state index contributed by atoms with van der Waals surface area (Å²) in [5, 5.41) is 3.19. The normalized spacial score (nSPS) is 14.0. The number of rotatable bonds is 11. The van der Waals surface area contributed by atoms with Crippen molar-refractivity contribution in [1.82, 2.24) is 15.3 Å². The van der Waals surface area contributed by atoms with Crippen molar-refractivity contribution >= 4 is 17.5 Å². The van der Waals surface area contributed by atoms with Crippen LogP contribution in [0.15, 0.2) is 48.9 Å². The number of carbonyl (C=O) groups is 2. The summed E-state index contributed by atoms with van der Waals surface area (Å²) in [6.07, 6.45) is 9.15. The van der Waals surface area contributed by atoms with Gasteiger partial charge in [-0.05, 0) is 30.5 Å². The molecule has 0 saturated heterocycles. The Morgan fingerprint density at radius 3 is 1.98 bits per heavy atom. The van der Waals surface area contributed by atoms with E-state index in [9.17, 15) is 9.59 Å². The van der Waals surface area contributed by atoms with E-state index in [1.807, 2.05) is 0 Å². The number of amides is 2. The fraction of sp³-hybridized carbons (Fsp3) is 0.400. The summed E-state index contributed by atoms with van der Waals surface area (Å²) < 4.78 is 27.7. The lowest BCUT2D eigenvalue weighted by Gasteiger charge is -2.34. The Bertz CT molecular complexity index is 1300. The first-order valence-corrected chi connectivity index (χ1v) is 13.4. The van der Waals surface area contributed by atoms with Crippen LogP contribution in [-0.4, -0.2) is 63.4 Å². The van der Waals surface area contributed by atoms with Crippen LogP contribution in [0.2, 0.25) is 0 Å². The Morgan fingerprint density at radius 1 is 0.829 bits per heavy atom. The zero-order valence-corrected chi connectivity index (χ0v) is 24.0. The van der Waals surface area contributed by atoms with E-state index in [2.05, 4.69) is 15.3 Å². The van der Waals surface area contributed by atoms with E-state index in [-0.39, 0.29) is 17.6 Å². The third kappa shape index (κ3) is 6.62. The summed E-state index contributed by atoms with van der Waals surface area (Å²) in [4.78, 5) is 38.3. The molecule has 2 amide bonds. The molecule has 1 aliphatic rings. The lowest BCUT2D eigenvalue weighted by atomic mass is 9.94. The molecule has 11 nitrogen and oxygen atoms in total. The maximum absolute atomic E-state index is 14.3. The highest BCUT2D eigenvalue weighted by atomic mass is 16.5. The number of hydrogen-bond acceptors (Lipinski definition) is 9. The number of nitrogens with zero attached hydrogens (tertiary/aromatic N) is 3. The van der Waals surface area contributed by atoms with Crippen LogP contribution in [0.4, 0.5) is 5.69 Å². The molecule has 2 aromatic carbocycles. The Morgan fingerprint density at radius 2 is 1.46 bits per heavy atom. The van der Waals surface area contributed by atoms with Gasteiger partial charge >= 0.3 is 0 Å². The fourth-order valence-corrected chi connectivity index (χ4v) is 5.05. The number of anilines is 1. The van der Waals surface area contributed by atoms with E-state index in [4.69, 9.17) is 23.7 Å². The maximum Gasteiger partial charge on any atom is 0.279 e. The van der Waals surface area contributed by atoms with Crippen LogP contribution in [-0.2, 0) is 4.79 Å². The van der Waals surface area contributed by atoms with E-state index in [0.29, 0.717) is 40.0 Å². The monoisotopic (exact) mass is 564 g/mol. The molecular weight excluding hydrogens is 528 g/mol. The minimum absolute atomic E-state index is 0.0193. The molecule has 1 fully saturated rings. The van der Waals surface area contributed by atoms with Gasteiger partial charge in [0.05, 0.1) is 47.4 Å². The summed E-state index contributed by atoms with van der Waals surface area (Å²) in [5.74, 6) is 0.997. The zero-order valence-electron chi connectivity index (χ0n) is 24.0. The Balaban J connectivity index is 1.96. The highest BCUT2D eigenvalue weighted by molar-refractivity contribution is 6.09. The van der Waals surface area contributed by atoms with Crippen molar-refractivity contribution in [2.24, 2.45) is 0 Å². The predicted molar refractivity (Wildman–Crippen MR) is 152 cm³/mol. The van der Waals surface area contributed by atoms with Gasteiger partial charge in [-0.15, -0.1) is 0 Å². The Kier molecular flexibility index (Phi) is 9.83. The van der Waals surface area contributed by atoms with E-state index in [1.54, 1.807) is 30.3 Å². The molecule has 3 aromatic rings. The van der Waals surface area contributed by atoms with Gasteiger partial charge in [0.25, 0.3) is 5.91 Å². The van der Waals surface area contributed by atoms with Crippen LogP contribution >= 0.6 is 0 Å². The van der Waals surface area contributed by atoms with Crippen molar-refractivity contribution in [2.75, 3.05) is 40.4 Å². The van der Waals surface area contributed by atoms with Crippen LogP contribution < -0.4 is 33.9 Å². The highest BCUT2D eigenvalue weighted by Gasteiger charge is 2.37. The zero-order chi connectivity index (χ0) is 29.4. The van der Waals surface area contributed by atoms with Crippen molar-refractivity contribution < 1.29 is 33.3 Å². The van der Waals surface area contributed by atoms with Gasteiger partial charge in [-0.1, -0.05) is 19.3 Å². The minimum atomic E-state index is -1.17. The standard InChI is InChI=1S/C30H36N4O7/c1-37-22-15-21(16-23(17-22)38-2)34(30(36)24-18-31-11-12-32-24)27(29(35)33-20-9-7-6-8-10-20)19-13-25(39-3)28(41-5)26(14-19)40-4/h11-18,20,27H,6-10H2,1-5H3,(H,33,35)/t27-/m1/s1. The molecule has 0 spiro atoms. The van der Waals surface area contributed by atoms with Gasteiger partial charge in [-0.25, -0.2) is 4.98 Å². The summed E-state index contributed by atoms with van der Waals surface area (Å²) >= 11 is 0. The predicted octanol–water partition coefficient (Wildman–Crippen LogP) is 4.36. The molecule has 1 N–H and O–H groups in total. The van der Waals surface area contributed by atoms with Gasteiger partial charge in [0.15, 0.2) is 11.5 Å². The molecule has 218 valence electrons. The number of hydrogen-bond donors (Lipinski definition) is 1. The van der Waals surface area contributed by atoms with Crippen molar-refractivity contribution in [2.45, 2.75) is 44.2 Å². The van der Waals surface area contributed by atoms with Gasteiger partial charge < -0.3 is 29.0 Å². The number of carbonyl (C=O) groups excluding carboxylic acids is 2. The molecule has 0 radical (unpaired) electrons. The van der Waals surface area contributed by atoms with Crippen LogP contribution in [0.3, 0.4) is 0 Å². The Hall–Kier alpha value is -4.54. The maximum atomic E-state index is 14.3. The molecule has 4 rings (SSSR count). The molecule has 0 bridgehead atoms. The molecule has 0 unspecified atom stereocenters. The van der Waals surface area contributed by atoms with Crippen molar-refractivity contribution in [3.63, 3.8) is 0 Å². The lowest BCUT2D eigenvalue weighted by Crippen LogP contribution is -2.47. The lowest BCUT2D eigenvalue weighted by molar-refractivity contribution is -0.123. The van der Waals surface area contributed by atoms with E-state index < -0.39 is 11.9 Å². The SMILES string of the molecule is COc1cc(OC)cc(N(C(=O)c2cnccn2)[C@@H](C(=O)NC2CCCCC2)c2cc(OC)c(OC)c(OC)c2)c1. The largest absolute Gasteiger partial charge is 0.497 e. The number of aromatic nitrogens is 2. The van der Waals surface area contributed by atoms with E-state index in [0.717, 1.165) is 32.1 Å². The van der Waals surface area contributed by atoms with E-state index in [1.165, 1.54) is 59.0 Å². The number of methoxy groups -OCH3 is 5. The number of ether oxygens (including phenoxy) is 5. The third-order valence-corrected chi connectivity index (χ3v) is 7.08. The Labute approximate surface area is 239 Å². The second-order valence-corrected chi connectivity index (χ2v) is 9.54. The second-order valence-electron chi connectivity index (χ2n) is 9.54. The summed E-state index contributed by atoms with van der Waals surface area (Å²) in [6, 6.07) is 7.16. The molecule has 1 atom stereocenters. The average molecular weight is 565 g/mol. The van der Waals surface area contributed by atoms with Crippen LogP contribution in [0.5, 0.6) is 28.7 Å². The van der Waals surface area contributed by atoms with Gasteiger partial charge in [-0.3, -0.25) is 19.5 Å². The molecule has 1 aliphatic carbocycles. The second kappa shape index (κ2) is 13.7. The number of benzene rings is 2. The molecule has 1 heterocycles. The van der Waals surface area contributed by atoms with Crippen molar-refractivity contribution in [3.05, 3.63) is 60.2 Å². The van der Waals surface area contributed by atoms with Gasteiger partial charge in [0.1, 0.15) is 23.2 Å². The van der Waals surface area contributed by atoms with E-state index >= 15 is 0 Å². The highest BCUT2D eigenvalue weighted by Crippen LogP contribution is 2.43. The summed E-state index contributed by atoms with van der Waals surface area (Å²) in [6.45, 7) is 0. The quantitative estimate of drug-likeness (QED) is 0.362. The third-order valence-electron chi connectivity index (χ3n) is 7.08. The number of nitrogens with one attached hydrogen (secondary N) is 1. The van der Waals surface area contributed by atoms with Crippen LogP contribution in [0.1, 0.15) is 54.2 Å². The van der Waals surface area contributed by atoms with Crippen LogP contribution in [0, 0.1) is 0 Å². The van der Waals surface area contributed by atoms with Crippen molar-refractivity contribution in [3.8, 4) is 28.7 Å². The molecule has 1 aromatic heterocycles. The molecular formula is C30H36N4O7. The minimum Gasteiger partial charge on any atom is -0.497 e. The van der Waals surface area contributed by atoms with Crippen LogP contribution in [0.25, 0.3) is 0 Å². The summed E-state index contributed by atoms with van der Waals surface area (Å²) in [5.41, 5.74) is 0.846. The van der Waals surface area contributed by atoms with Gasteiger partial charge in [-0.2, -0.15) is 0 Å². The molecule has 1 saturated carbocycles. The fourth-order valence-electron chi connectivity index (χ4n) is 5.05. The van der Waals surface area contributed by atoms with Gasteiger partial charge in [0.2, 0.25) is 11.7 Å². The molecule has 41 heavy (non-hydrogen) atoms. The van der Waals surface area contributed by atoms with Crippen molar-refractivity contribution in [1.29, 1.82) is 0 Å². The first-order chi connectivity index (χ1) is 19.9. The smallest absolute Gasteiger partial charge is 0.279 e. The van der Waals surface area contributed by atoms with Gasteiger partial charge in [0, 0.05) is 36.6 Å². The topological polar surface area (TPSA) is 121 Å². The average Bonchev–Trinajstić information content (AvgIpc) is 3.02. The molecule has 0 aliphatic heterocycles. The first-order valence-electron chi connectivity index (χ1n) is 13.4. The molecule has 11 heteroatoms. The first kappa shape index (κ1) is 29.4. The summed E-state index contributed by atoms with van der Waals surface area (Å²) in [7, 11) is 7.51.